The van der Waals surface area contributed by atoms with Gasteiger partial charge >= 0.3 is 0 Å². The lowest BCUT2D eigenvalue weighted by Crippen LogP contribution is -2.22. The smallest absolute Gasteiger partial charge is 0.119 e. The quantitative estimate of drug-likeness (QED) is 0.864. The van der Waals surface area contributed by atoms with Crippen molar-refractivity contribution < 1.29 is 4.74 Å². The summed E-state index contributed by atoms with van der Waals surface area (Å²) in [5.41, 5.74) is 3.84. The van der Waals surface area contributed by atoms with E-state index in [2.05, 4.69) is 58.7 Å². The molecule has 2 aromatic rings. The summed E-state index contributed by atoms with van der Waals surface area (Å²) >= 11 is 5.25. The van der Waals surface area contributed by atoms with Crippen molar-refractivity contribution >= 4 is 27.3 Å². The third-order valence-corrected chi connectivity index (χ3v) is 4.64. The van der Waals surface area contributed by atoms with Crippen LogP contribution in [0.5, 0.6) is 5.75 Å². The molecule has 2 rings (SSSR count). The molecule has 1 aromatic carbocycles. The van der Waals surface area contributed by atoms with E-state index < -0.39 is 0 Å². The number of benzene rings is 1. The van der Waals surface area contributed by atoms with Gasteiger partial charge in [-0.05, 0) is 69.7 Å². The van der Waals surface area contributed by atoms with Gasteiger partial charge in [-0.2, -0.15) is 0 Å². The Morgan fingerprint density at radius 1 is 1.37 bits per heavy atom. The van der Waals surface area contributed by atoms with Gasteiger partial charge in [0.25, 0.3) is 0 Å². The molecule has 0 saturated carbocycles. The van der Waals surface area contributed by atoms with Gasteiger partial charge in [0.1, 0.15) is 5.75 Å². The molecule has 0 radical (unpaired) electrons. The lowest BCUT2D eigenvalue weighted by molar-refractivity contribution is 0.414. The van der Waals surface area contributed by atoms with E-state index >= 15 is 0 Å². The summed E-state index contributed by atoms with van der Waals surface area (Å²) in [6.45, 7) is 5.19. The first-order chi connectivity index (χ1) is 9.15. The molecule has 1 unspecified atom stereocenters. The van der Waals surface area contributed by atoms with E-state index in [-0.39, 0.29) is 6.04 Å². The fourth-order valence-electron chi connectivity index (χ4n) is 2.19. The lowest BCUT2D eigenvalue weighted by atomic mass is 9.96. The van der Waals surface area contributed by atoms with E-state index in [0.717, 1.165) is 16.1 Å². The van der Waals surface area contributed by atoms with Crippen LogP contribution in [0.3, 0.4) is 0 Å². The van der Waals surface area contributed by atoms with E-state index in [4.69, 9.17) is 4.74 Å². The first kappa shape index (κ1) is 14.6. The molecule has 4 heteroatoms. The predicted molar refractivity (Wildman–Crippen MR) is 85.3 cm³/mol. The highest BCUT2D eigenvalue weighted by molar-refractivity contribution is 9.11. The Balaban J connectivity index is 2.39. The van der Waals surface area contributed by atoms with Gasteiger partial charge in [-0.3, -0.25) is 0 Å². The Labute approximate surface area is 126 Å². The Hall–Kier alpha value is -0.840. The molecule has 0 saturated heterocycles. The van der Waals surface area contributed by atoms with Crippen molar-refractivity contribution in [2.45, 2.75) is 19.9 Å². The number of rotatable bonds is 5. The SMILES string of the molecule is CCNC(c1csc(Br)c1)c1ccc(OC)cc1C. The minimum Gasteiger partial charge on any atom is -0.497 e. The average molecular weight is 340 g/mol. The molecule has 102 valence electrons. The summed E-state index contributed by atoms with van der Waals surface area (Å²) in [6.07, 6.45) is 0. The van der Waals surface area contributed by atoms with Crippen LogP contribution >= 0.6 is 27.3 Å². The van der Waals surface area contributed by atoms with Gasteiger partial charge in [-0.15, -0.1) is 11.3 Å². The molecule has 0 fully saturated rings. The highest BCUT2D eigenvalue weighted by atomic mass is 79.9. The van der Waals surface area contributed by atoms with Crippen molar-refractivity contribution in [1.29, 1.82) is 0 Å². The normalized spacial score (nSPS) is 12.4. The van der Waals surface area contributed by atoms with Crippen LogP contribution in [-0.4, -0.2) is 13.7 Å². The minimum atomic E-state index is 0.235. The lowest BCUT2D eigenvalue weighted by Gasteiger charge is -2.20. The van der Waals surface area contributed by atoms with E-state index in [9.17, 15) is 0 Å². The summed E-state index contributed by atoms with van der Waals surface area (Å²) in [4.78, 5) is 0. The van der Waals surface area contributed by atoms with Crippen LogP contribution in [0.1, 0.15) is 29.7 Å². The molecule has 19 heavy (non-hydrogen) atoms. The zero-order valence-corrected chi connectivity index (χ0v) is 13.8. The number of halogens is 1. The topological polar surface area (TPSA) is 21.3 Å². The van der Waals surface area contributed by atoms with Gasteiger partial charge in [0, 0.05) is 0 Å². The van der Waals surface area contributed by atoms with Gasteiger partial charge in [0.2, 0.25) is 0 Å². The van der Waals surface area contributed by atoms with Gasteiger partial charge in [-0.25, -0.2) is 0 Å². The Bertz CT molecular complexity index is 553. The fraction of sp³-hybridized carbons (Fsp3) is 0.333. The van der Waals surface area contributed by atoms with E-state index in [1.165, 1.54) is 16.7 Å². The van der Waals surface area contributed by atoms with Crippen LogP contribution in [0.4, 0.5) is 0 Å². The molecule has 1 heterocycles. The van der Waals surface area contributed by atoms with Crippen LogP contribution in [0, 0.1) is 6.92 Å². The third kappa shape index (κ3) is 3.38. The second kappa shape index (κ2) is 6.55. The third-order valence-electron chi connectivity index (χ3n) is 3.12. The predicted octanol–water partition coefficient (Wildman–Crippen LogP) is 4.53. The molecular formula is C15H18BrNOS. The van der Waals surface area contributed by atoms with Crippen LogP contribution in [0.25, 0.3) is 0 Å². The standard InChI is InChI=1S/C15H18BrNOS/c1-4-17-15(11-8-14(16)19-9-11)13-6-5-12(18-3)7-10(13)2/h5-9,15,17H,4H2,1-3H3. The van der Waals surface area contributed by atoms with Gasteiger partial charge in [0.15, 0.2) is 0 Å². The molecule has 1 aromatic heterocycles. The molecule has 0 aliphatic heterocycles. The molecule has 0 spiro atoms. The summed E-state index contributed by atoms with van der Waals surface area (Å²) in [5.74, 6) is 0.906. The zero-order valence-electron chi connectivity index (χ0n) is 11.4. The van der Waals surface area contributed by atoms with Gasteiger partial charge in [-0.1, -0.05) is 13.0 Å². The van der Waals surface area contributed by atoms with Gasteiger partial charge < -0.3 is 10.1 Å². The van der Waals surface area contributed by atoms with Crippen molar-refractivity contribution in [3.05, 3.63) is 50.1 Å². The fourth-order valence-corrected chi connectivity index (χ4v) is 3.39. The monoisotopic (exact) mass is 339 g/mol. The van der Waals surface area contributed by atoms with Crippen LogP contribution in [-0.2, 0) is 0 Å². The second-order valence-electron chi connectivity index (χ2n) is 4.40. The molecule has 0 amide bonds. The van der Waals surface area contributed by atoms with Crippen LogP contribution < -0.4 is 10.1 Å². The highest BCUT2D eigenvalue weighted by Gasteiger charge is 2.16. The van der Waals surface area contributed by atoms with Crippen LogP contribution in [0.2, 0.25) is 0 Å². The van der Waals surface area contributed by atoms with Crippen molar-refractivity contribution in [3.8, 4) is 5.75 Å². The molecule has 0 aliphatic rings. The number of thiophene rings is 1. The number of aryl methyl sites for hydroxylation is 1. The molecular weight excluding hydrogens is 322 g/mol. The van der Waals surface area contributed by atoms with Crippen molar-refractivity contribution in [1.82, 2.24) is 5.32 Å². The summed E-state index contributed by atoms with van der Waals surface area (Å²) < 4.78 is 6.44. The molecule has 1 N–H and O–H groups in total. The molecule has 1 atom stereocenters. The largest absolute Gasteiger partial charge is 0.497 e. The summed E-state index contributed by atoms with van der Waals surface area (Å²) in [5, 5.41) is 5.75. The zero-order chi connectivity index (χ0) is 13.8. The van der Waals surface area contributed by atoms with E-state index in [0.29, 0.717) is 0 Å². The van der Waals surface area contributed by atoms with Crippen LogP contribution in [0.15, 0.2) is 33.4 Å². The van der Waals surface area contributed by atoms with E-state index in [1.807, 2.05) is 6.07 Å². The molecule has 0 aliphatic carbocycles. The second-order valence-corrected chi connectivity index (χ2v) is 6.69. The maximum absolute atomic E-state index is 5.27. The maximum atomic E-state index is 5.27. The minimum absolute atomic E-state index is 0.235. The number of nitrogens with one attached hydrogen (secondary N) is 1. The number of ether oxygens (including phenoxy) is 1. The first-order valence-electron chi connectivity index (χ1n) is 6.27. The molecule has 0 bridgehead atoms. The van der Waals surface area contributed by atoms with Crippen molar-refractivity contribution in [2.24, 2.45) is 0 Å². The highest BCUT2D eigenvalue weighted by Crippen LogP contribution is 2.32. The number of methoxy groups -OCH3 is 1. The van der Waals surface area contributed by atoms with Crippen molar-refractivity contribution in [2.75, 3.05) is 13.7 Å². The first-order valence-corrected chi connectivity index (χ1v) is 7.94. The Kier molecular flexibility index (Phi) is 5.02. The average Bonchev–Trinajstić information content (AvgIpc) is 2.83. The summed E-state index contributed by atoms with van der Waals surface area (Å²) in [7, 11) is 1.70. The summed E-state index contributed by atoms with van der Waals surface area (Å²) in [6, 6.07) is 8.67. The van der Waals surface area contributed by atoms with E-state index in [1.54, 1.807) is 18.4 Å². The Morgan fingerprint density at radius 2 is 2.16 bits per heavy atom. The molecule has 2 nitrogen and oxygen atoms in total. The number of hydrogen-bond donors (Lipinski definition) is 1. The number of hydrogen-bond acceptors (Lipinski definition) is 3. The Morgan fingerprint density at radius 3 is 2.68 bits per heavy atom. The maximum Gasteiger partial charge on any atom is 0.119 e. The van der Waals surface area contributed by atoms with Crippen molar-refractivity contribution in [3.63, 3.8) is 0 Å². The van der Waals surface area contributed by atoms with Gasteiger partial charge in [0.05, 0.1) is 16.9 Å².